The third-order valence-electron chi connectivity index (χ3n) is 4.73. The number of nitrogens with one attached hydrogen (secondary N) is 3. The second-order valence-electron chi connectivity index (χ2n) is 6.84. The zero-order valence-corrected chi connectivity index (χ0v) is 17.9. The number of aromatic nitrogens is 1. The number of hydrogen-bond donors (Lipinski definition) is 3. The molecule has 0 aliphatic rings. The van der Waals surface area contributed by atoms with Crippen LogP contribution in [0.25, 0.3) is 0 Å². The minimum Gasteiger partial charge on any atom is -0.359 e. The molecule has 0 bridgehead atoms. The van der Waals surface area contributed by atoms with E-state index in [1.165, 1.54) is 0 Å². The van der Waals surface area contributed by atoms with Gasteiger partial charge in [0.05, 0.1) is 18.8 Å². The summed E-state index contributed by atoms with van der Waals surface area (Å²) < 4.78 is 5.46. The van der Waals surface area contributed by atoms with Crippen LogP contribution in [0.2, 0.25) is 0 Å². The molecule has 0 aliphatic carbocycles. The van der Waals surface area contributed by atoms with E-state index in [-0.39, 0.29) is 5.91 Å². The van der Waals surface area contributed by atoms with Gasteiger partial charge < -0.3 is 20.5 Å². The molecule has 0 aliphatic heterocycles. The lowest BCUT2D eigenvalue weighted by Crippen LogP contribution is -2.36. The fraction of sp³-hybridized carbons (Fsp3) is 0.500. The standard InChI is InChI=1S/C22H33N5O2/c1-5-17(6-2)20-13-19(29-27-20)15-26-22(24-8-4)25-14-16-9-11-18(12-10-16)21(28)23-7-3/h9-13,17H,5-8,14-15H2,1-4H3,(H,23,28)(H2,24,25,26). The Bertz CT molecular complexity index is 779. The maximum atomic E-state index is 11.8. The van der Waals surface area contributed by atoms with Crippen LogP contribution < -0.4 is 16.0 Å². The summed E-state index contributed by atoms with van der Waals surface area (Å²) in [6.45, 7) is 10.7. The van der Waals surface area contributed by atoms with Gasteiger partial charge in [-0.15, -0.1) is 0 Å². The molecule has 0 spiro atoms. The Balaban J connectivity index is 1.95. The van der Waals surface area contributed by atoms with Crippen LogP contribution in [0, 0.1) is 0 Å². The maximum absolute atomic E-state index is 11.8. The van der Waals surface area contributed by atoms with E-state index in [9.17, 15) is 4.79 Å². The summed E-state index contributed by atoms with van der Waals surface area (Å²) in [7, 11) is 0. The summed E-state index contributed by atoms with van der Waals surface area (Å²) in [5.74, 6) is 1.89. The Hall–Kier alpha value is -2.83. The Morgan fingerprint density at radius 3 is 2.34 bits per heavy atom. The van der Waals surface area contributed by atoms with Crippen molar-refractivity contribution in [2.75, 3.05) is 13.1 Å². The van der Waals surface area contributed by atoms with Crippen molar-refractivity contribution >= 4 is 11.9 Å². The first-order valence-electron chi connectivity index (χ1n) is 10.5. The van der Waals surface area contributed by atoms with Crippen molar-refractivity contribution in [3.63, 3.8) is 0 Å². The highest BCUT2D eigenvalue weighted by atomic mass is 16.5. The lowest BCUT2D eigenvalue weighted by Gasteiger charge is -2.10. The zero-order valence-electron chi connectivity index (χ0n) is 17.9. The molecule has 0 radical (unpaired) electrons. The molecule has 158 valence electrons. The third kappa shape index (κ3) is 6.93. The van der Waals surface area contributed by atoms with E-state index in [2.05, 4.69) is 39.9 Å². The molecule has 3 N–H and O–H groups in total. The van der Waals surface area contributed by atoms with Gasteiger partial charge in [-0.3, -0.25) is 4.79 Å². The predicted molar refractivity (Wildman–Crippen MR) is 116 cm³/mol. The van der Waals surface area contributed by atoms with Crippen LogP contribution >= 0.6 is 0 Å². The average Bonchev–Trinajstić information content (AvgIpc) is 3.20. The maximum Gasteiger partial charge on any atom is 0.251 e. The van der Waals surface area contributed by atoms with Crippen molar-refractivity contribution in [1.29, 1.82) is 0 Å². The van der Waals surface area contributed by atoms with Gasteiger partial charge in [-0.1, -0.05) is 31.1 Å². The minimum absolute atomic E-state index is 0.0580. The highest BCUT2D eigenvalue weighted by Gasteiger charge is 2.13. The van der Waals surface area contributed by atoms with E-state index in [0.29, 0.717) is 37.1 Å². The van der Waals surface area contributed by atoms with E-state index in [1.54, 1.807) is 0 Å². The van der Waals surface area contributed by atoms with E-state index >= 15 is 0 Å². The molecule has 1 heterocycles. The molecule has 2 aromatic rings. The number of benzene rings is 1. The molecule has 1 amide bonds. The van der Waals surface area contributed by atoms with Crippen molar-refractivity contribution in [2.45, 2.75) is 59.5 Å². The molecule has 1 aromatic carbocycles. The monoisotopic (exact) mass is 399 g/mol. The number of guanidine groups is 1. The first kappa shape index (κ1) is 22.5. The summed E-state index contributed by atoms with van der Waals surface area (Å²) in [5, 5.41) is 13.5. The highest BCUT2D eigenvalue weighted by molar-refractivity contribution is 5.94. The van der Waals surface area contributed by atoms with Crippen LogP contribution in [0.4, 0.5) is 0 Å². The number of carbonyl (C=O) groups excluding carboxylic acids is 1. The fourth-order valence-corrected chi connectivity index (χ4v) is 3.02. The number of carbonyl (C=O) groups is 1. The van der Waals surface area contributed by atoms with Gasteiger partial charge in [0.2, 0.25) is 0 Å². The highest BCUT2D eigenvalue weighted by Crippen LogP contribution is 2.22. The smallest absolute Gasteiger partial charge is 0.251 e. The van der Waals surface area contributed by atoms with Crippen molar-refractivity contribution in [2.24, 2.45) is 4.99 Å². The number of hydrogen-bond acceptors (Lipinski definition) is 4. The number of aliphatic imine (C=N–C) groups is 1. The van der Waals surface area contributed by atoms with Crippen LogP contribution in [-0.4, -0.2) is 30.1 Å². The SMILES string of the molecule is CCNC(=O)c1ccc(CN=C(NCC)NCc2cc(C(CC)CC)no2)cc1. The number of nitrogens with zero attached hydrogens (tertiary/aromatic N) is 2. The topological polar surface area (TPSA) is 91.5 Å². The fourth-order valence-electron chi connectivity index (χ4n) is 3.02. The predicted octanol–water partition coefficient (Wildman–Crippen LogP) is 3.58. The van der Waals surface area contributed by atoms with Gasteiger partial charge >= 0.3 is 0 Å². The van der Waals surface area contributed by atoms with E-state index in [1.807, 2.05) is 44.2 Å². The van der Waals surface area contributed by atoms with E-state index < -0.39 is 0 Å². The van der Waals surface area contributed by atoms with Gasteiger partial charge in [0.25, 0.3) is 5.91 Å². The molecule has 2 rings (SSSR count). The van der Waals surface area contributed by atoms with Gasteiger partial charge in [-0.2, -0.15) is 0 Å². The molecule has 0 saturated heterocycles. The first-order chi connectivity index (χ1) is 14.1. The number of amides is 1. The van der Waals surface area contributed by atoms with Gasteiger partial charge in [0.1, 0.15) is 0 Å². The van der Waals surface area contributed by atoms with Crippen LogP contribution in [0.5, 0.6) is 0 Å². The summed E-state index contributed by atoms with van der Waals surface area (Å²) in [4.78, 5) is 16.5. The average molecular weight is 400 g/mol. The summed E-state index contributed by atoms with van der Waals surface area (Å²) >= 11 is 0. The molecular formula is C22H33N5O2. The Morgan fingerprint density at radius 2 is 1.72 bits per heavy atom. The minimum atomic E-state index is -0.0580. The second kappa shape index (κ2) is 11.9. The second-order valence-corrected chi connectivity index (χ2v) is 6.84. The van der Waals surface area contributed by atoms with Gasteiger partial charge in [-0.25, -0.2) is 4.99 Å². The van der Waals surface area contributed by atoms with Gasteiger partial charge in [-0.05, 0) is 44.4 Å². The van der Waals surface area contributed by atoms with Gasteiger partial charge in [0, 0.05) is 30.6 Å². The molecular weight excluding hydrogens is 366 g/mol. The lowest BCUT2D eigenvalue weighted by atomic mass is 9.99. The molecule has 29 heavy (non-hydrogen) atoms. The van der Waals surface area contributed by atoms with Crippen LogP contribution in [0.15, 0.2) is 39.8 Å². The van der Waals surface area contributed by atoms with Crippen molar-refractivity contribution in [3.05, 3.63) is 52.9 Å². The molecule has 0 saturated carbocycles. The van der Waals surface area contributed by atoms with Crippen LogP contribution in [-0.2, 0) is 13.1 Å². The molecule has 0 unspecified atom stereocenters. The molecule has 0 fully saturated rings. The Morgan fingerprint density at radius 1 is 1.03 bits per heavy atom. The zero-order chi connectivity index (χ0) is 21.1. The first-order valence-corrected chi connectivity index (χ1v) is 10.5. The normalized spacial score (nSPS) is 11.6. The quantitative estimate of drug-likeness (QED) is 0.419. The molecule has 7 heteroatoms. The molecule has 1 aromatic heterocycles. The Labute approximate surface area is 173 Å². The third-order valence-corrected chi connectivity index (χ3v) is 4.73. The Kier molecular flexibility index (Phi) is 9.21. The summed E-state index contributed by atoms with van der Waals surface area (Å²) in [5.41, 5.74) is 2.70. The van der Waals surface area contributed by atoms with Crippen molar-refractivity contribution in [3.8, 4) is 0 Å². The van der Waals surface area contributed by atoms with Crippen molar-refractivity contribution < 1.29 is 9.32 Å². The van der Waals surface area contributed by atoms with Crippen LogP contribution in [0.1, 0.15) is 73.8 Å². The van der Waals surface area contributed by atoms with E-state index in [4.69, 9.17) is 4.52 Å². The van der Waals surface area contributed by atoms with Crippen molar-refractivity contribution in [1.82, 2.24) is 21.1 Å². The number of rotatable bonds is 10. The van der Waals surface area contributed by atoms with Crippen LogP contribution in [0.3, 0.4) is 0 Å². The summed E-state index contributed by atoms with van der Waals surface area (Å²) in [6.07, 6.45) is 2.11. The lowest BCUT2D eigenvalue weighted by molar-refractivity contribution is 0.0956. The molecule has 0 atom stereocenters. The van der Waals surface area contributed by atoms with E-state index in [0.717, 1.165) is 36.4 Å². The summed E-state index contributed by atoms with van der Waals surface area (Å²) in [6, 6.07) is 9.52. The largest absolute Gasteiger partial charge is 0.359 e. The molecule has 7 nitrogen and oxygen atoms in total. The van der Waals surface area contributed by atoms with Gasteiger partial charge in [0.15, 0.2) is 11.7 Å².